The minimum atomic E-state index is 0.493. The Morgan fingerprint density at radius 3 is 2.61 bits per heavy atom. The maximum atomic E-state index is 6.27. The molecule has 7 nitrogen and oxygen atoms in total. The molecule has 2 aliphatic rings. The average molecular weight is 418 g/mol. The lowest BCUT2D eigenvalue weighted by atomic mass is 9.82. The molecule has 1 aliphatic heterocycles. The third-order valence-electron chi connectivity index (χ3n) is 6.80. The molecule has 0 spiro atoms. The molecular weight excluding hydrogens is 386 g/mol. The normalized spacial score (nSPS) is 18.9. The van der Waals surface area contributed by atoms with Gasteiger partial charge in [-0.3, -0.25) is 0 Å². The summed E-state index contributed by atoms with van der Waals surface area (Å²) >= 11 is 0. The summed E-state index contributed by atoms with van der Waals surface area (Å²) in [4.78, 5) is 23.1. The van der Waals surface area contributed by atoms with Gasteiger partial charge in [0.05, 0.1) is 11.1 Å². The molecule has 162 valence electrons. The molecule has 1 aliphatic carbocycles. The predicted octanol–water partition coefficient (Wildman–Crippen LogP) is 3.86. The molecule has 7 heteroatoms. The number of fused-ring (bicyclic) bond motifs is 1. The number of pyridine rings is 2. The molecule has 1 saturated heterocycles. The van der Waals surface area contributed by atoms with Crippen molar-refractivity contribution >= 4 is 22.7 Å². The van der Waals surface area contributed by atoms with Crippen LogP contribution >= 0.6 is 0 Å². The quantitative estimate of drug-likeness (QED) is 0.693. The van der Waals surface area contributed by atoms with Gasteiger partial charge in [0.2, 0.25) is 0 Å². The highest BCUT2D eigenvalue weighted by Gasteiger charge is 2.22. The van der Waals surface area contributed by atoms with Crippen LogP contribution in [0.4, 0.5) is 11.6 Å². The first-order valence-corrected chi connectivity index (χ1v) is 11.5. The van der Waals surface area contributed by atoms with E-state index in [1.54, 1.807) is 0 Å². The van der Waals surface area contributed by atoms with E-state index in [0.717, 1.165) is 55.1 Å². The van der Waals surface area contributed by atoms with Crippen molar-refractivity contribution in [1.82, 2.24) is 24.8 Å². The van der Waals surface area contributed by atoms with Gasteiger partial charge >= 0.3 is 0 Å². The van der Waals surface area contributed by atoms with Gasteiger partial charge in [0.1, 0.15) is 18.0 Å². The molecule has 0 radical (unpaired) electrons. The van der Waals surface area contributed by atoms with Crippen LogP contribution in [-0.2, 0) is 0 Å². The number of nitrogen functional groups attached to an aromatic ring is 1. The van der Waals surface area contributed by atoms with E-state index in [-0.39, 0.29) is 0 Å². The van der Waals surface area contributed by atoms with Gasteiger partial charge in [0.15, 0.2) is 5.65 Å². The van der Waals surface area contributed by atoms with E-state index in [2.05, 4.69) is 45.0 Å². The minimum absolute atomic E-state index is 0.493. The van der Waals surface area contributed by atoms with Gasteiger partial charge in [-0.05, 0) is 62.5 Å². The van der Waals surface area contributed by atoms with E-state index in [9.17, 15) is 0 Å². The van der Waals surface area contributed by atoms with Crippen LogP contribution in [0.15, 0.2) is 30.7 Å². The highest BCUT2D eigenvalue weighted by atomic mass is 15.2. The zero-order valence-electron chi connectivity index (χ0n) is 18.3. The summed E-state index contributed by atoms with van der Waals surface area (Å²) in [6, 6.07) is 6.47. The first-order valence-electron chi connectivity index (χ1n) is 11.5. The summed E-state index contributed by atoms with van der Waals surface area (Å²) in [5.41, 5.74) is 10.1. The zero-order valence-corrected chi connectivity index (χ0v) is 18.3. The lowest BCUT2D eigenvalue weighted by molar-refractivity contribution is 0.360. The topological polar surface area (TPSA) is 84.1 Å². The maximum Gasteiger partial charge on any atom is 0.165 e. The first-order chi connectivity index (χ1) is 15.2. The van der Waals surface area contributed by atoms with Crippen molar-refractivity contribution < 1.29 is 0 Å². The van der Waals surface area contributed by atoms with Crippen LogP contribution in [0.2, 0.25) is 0 Å². The Bertz CT molecular complexity index is 1040. The van der Waals surface area contributed by atoms with E-state index in [1.165, 1.54) is 44.0 Å². The van der Waals surface area contributed by atoms with Gasteiger partial charge in [-0.25, -0.2) is 19.9 Å². The Hall–Kier alpha value is -2.80. The van der Waals surface area contributed by atoms with Crippen molar-refractivity contribution in [2.24, 2.45) is 0 Å². The van der Waals surface area contributed by atoms with Crippen LogP contribution in [0.25, 0.3) is 22.3 Å². The molecule has 5 rings (SSSR count). The molecule has 3 aromatic heterocycles. The van der Waals surface area contributed by atoms with Crippen LogP contribution in [0.1, 0.15) is 50.0 Å². The molecule has 1 saturated carbocycles. The number of likely N-dealkylation sites (N-methyl/N-ethyl adjacent to an activating group) is 1. The van der Waals surface area contributed by atoms with Gasteiger partial charge in [-0.1, -0.05) is 19.3 Å². The summed E-state index contributed by atoms with van der Waals surface area (Å²) in [6.07, 6.45) is 10.8. The number of hydrogen-bond donors (Lipinski definition) is 1. The largest absolute Gasteiger partial charge is 0.383 e. The summed E-state index contributed by atoms with van der Waals surface area (Å²) in [5.74, 6) is 2.07. The van der Waals surface area contributed by atoms with Crippen molar-refractivity contribution in [3.8, 4) is 11.3 Å². The summed E-state index contributed by atoms with van der Waals surface area (Å²) in [5, 5.41) is 0.927. The Morgan fingerprint density at radius 1 is 0.935 bits per heavy atom. The molecule has 0 amide bonds. The average Bonchev–Trinajstić information content (AvgIpc) is 3.04. The molecule has 4 heterocycles. The molecule has 0 unspecified atom stereocenters. The van der Waals surface area contributed by atoms with Crippen molar-refractivity contribution in [3.05, 3.63) is 36.3 Å². The van der Waals surface area contributed by atoms with Gasteiger partial charge in [0.25, 0.3) is 0 Å². The second-order valence-corrected chi connectivity index (χ2v) is 8.94. The molecule has 2 N–H and O–H groups in total. The summed E-state index contributed by atoms with van der Waals surface area (Å²) in [6.45, 7) is 4.28. The van der Waals surface area contributed by atoms with E-state index in [4.69, 9.17) is 15.7 Å². The first kappa shape index (κ1) is 20.1. The van der Waals surface area contributed by atoms with Crippen LogP contribution in [0, 0.1) is 0 Å². The Kier molecular flexibility index (Phi) is 5.68. The van der Waals surface area contributed by atoms with Gasteiger partial charge in [-0.15, -0.1) is 0 Å². The van der Waals surface area contributed by atoms with Gasteiger partial charge in [0, 0.05) is 31.4 Å². The van der Waals surface area contributed by atoms with Crippen LogP contribution in [0.3, 0.4) is 0 Å². The van der Waals surface area contributed by atoms with Crippen molar-refractivity contribution in [1.29, 1.82) is 0 Å². The smallest absolute Gasteiger partial charge is 0.165 e. The second-order valence-electron chi connectivity index (χ2n) is 8.94. The summed E-state index contributed by atoms with van der Waals surface area (Å²) in [7, 11) is 2.19. The van der Waals surface area contributed by atoms with Crippen molar-refractivity contribution in [2.75, 3.05) is 43.9 Å². The molecule has 0 bridgehead atoms. The molecular formula is C24H31N7. The van der Waals surface area contributed by atoms with Crippen LogP contribution in [0.5, 0.6) is 0 Å². The van der Waals surface area contributed by atoms with Gasteiger partial charge in [-0.2, -0.15) is 0 Å². The molecule has 0 atom stereocenters. The fourth-order valence-corrected chi connectivity index (χ4v) is 5.00. The number of aromatic nitrogens is 4. The zero-order chi connectivity index (χ0) is 21.2. The van der Waals surface area contributed by atoms with Crippen molar-refractivity contribution in [2.45, 2.75) is 44.4 Å². The Morgan fingerprint density at radius 2 is 1.81 bits per heavy atom. The fourth-order valence-electron chi connectivity index (χ4n) is 5.00. The standard InChI is InChI=1S/C24H31N7/c1-30-10-5-11-31(13-12-30)21-9-8-18(15-26-21)20-14-19(17-6-3-2-4-7-17)22-23(25)27-16-28-24(22)29-20/h8-9,14-17H,2-7,10-13H2,1H3,(H2,25,27,28,29). The number of hydrogen-bond acceptors (Lipinski definition) is 7. The van der Waals surface area contributed by atoms with Gasteiger partial charge < -0.3 is 15.5 Å². The third kappa shape index (κ3) is 4.19. The number of rotatable bonds is 3. The summed E-state index contributed by atoms with van der Waals surface area (Å²) < 4.78 is 0. The SMILES string of the molecule is CN1CCCN(c2ccc(-c3cc(C4CCCCC4)c4c(N)ncnc4n3)cn2)CC1. The lowest BCUT2D eigenvalue weighted by Gasteiger charge is -2.24. The maximum absolute atomic E-state index is 6.27. The number of nitrogens with zero attached hydrogens (tertiary/aromatic N) is 6. The lowest BCUT2D eigenvalue weighted by Crippen LogP contribution is -2.29. The second kappa shape index (κ2) is 8.75. The highest BCUT2D eigenvalue weighted by molar-refractivity contribution is 5.90. The van der Waals surface area contributed by atoms with Crippen molar-refractivity contribution in [3.63, 3.8) is 0 Å². The van der Waals surface area contributed by atoms with E-state index < -0.39 is 0 Å². The monoisotopic (exact) mass is 417 g/mol. The van der Waals surface area contributed by atoms with E-state index in [0.29, 0.717) is 17.4 Å². The molecule has 31 heavy (non-hydrogen) atoms. The Labute approximate surface area is 183 Å². The molecule has 2 fully saturated rings. The van der Waals surface area contributed by atoms with Crippen LogP contribution < -0.4 is 10.6 Å². The fraction of sp³-hybridized carbons (Fsp3) is 0.500. The molecule has 0 aromatic carbocycles. The van der Waals surface area contributed by atoms with E-state index in [1.807, 2.05) is 6.20 Å². The Balaban J connectivity index is 1.50. The van der Waals surface area contributed by atoms with E-state index >= 15 is 0 Å². The number of nitrogens with two attached hydrogens (primary N) is 1. The molecule has 3 aromatic rings. The number of anilines is 2. The highest BCUT2D eigenvalue weighted by Crippen LogP contribution is 2.38. The third-order valence-corrected chi connectivity index (χ3v) is 6.80. The predicted molar refractivity (Wildman–Crippen MR) is 125 cm³/mol. The minimum Gasteiger partial charge on any atom is -0.383 e. The van der Waals surface area contributed by atoms with Crippen LogP contribution in [-0.4, -0.2) is 58.1 Å².